The minimum Gasteiger partial charge on any atom is -0.383 e. The predicted molar refractivity (Wildman–Crippen MR) is 64.0 cm³/mol. The van der Waals surface area contributed by atoms with Gasteiger partial charge in [-0.3, -0.25) is 9.59 Å². The van der Waals surface area contributed by atoms with Crippen molar-refractivity contribution in [2.75, 3.05) is 46.6 Å². The minimum atomic E-state index is -0.801. The molecule has 0 aromatic rings. The molecule has 1 N–H and O–H groups in total. The van der Waals surface area contributed by atoms with Gasteiger partial charge in [-0.1, -0.05) is 0 Å². The highest BCUT2D eigenvalue weighted by atomic mass is 16.5. The standard InChI is InChI=1S/C12H20N2O4/c1-17-7-4-13-10(15)12(2-3-12)11(16)14-5-8-18-9-6-14/h2-9H2,1H3,(H,13,15). The molecule has 6 nitrogen and oxygen atoms in total. The van der Waals surface area contributed by atoms with E-state index in [0.29, 0.717) is 52.3 Å². The molecular formula is C12H20N2O4. The van der Waals surface area contributed by atoms with E-state index in [0.717, 1.165) is 0 Å². The van der Waals surface area contributed by atoms with Gasteiger partial charge in [-0.05, 0) is 12.8 Å². The van der Waals surface area contributed by atoms with Gasteiger partial charge in [0.2, 0.25) is 11.8 Å². The van der Waals surface area contributed by atoms with E-state index in [9.17, 15) is 9.59 Å². The molecule has 1 aliphatic heterocycles. The first-order valence-electron chi connectivity index (χ1n) is 6.35. The van der Waals surface area contributed by atoms with E-state index in [2.05, 4.69) is 5.32 Å². The second-order valence-electron chi connectivity index (χ2n) is 4.74. The Morgan fingerprint density at radius 2 is 2.00 bits per heavy atom. The first-order chi connectivity index (χ1) is 8.70. The first kappa shape index (κ1) is 13.3. The second kappa shape index (κ2) is 5.67. The maximum Gasteiger partial charge on any atom is 0.238 e. The molecule has 0 unspecified atom stereocenters. The molecule has 1 saturated carbocycles. The Kier molecular flexibility index (Phi) is 4.19. The van der Waals surface area contributed by atoms with Crippen LogP contribution in [0.4, 0.5) is 0 Å². The smallest absolute Gasteiger partial charge is 0.238 e. The number of carbonyl (C=O) groups excluding carboxylic acids is 2. The molecule has 0 radical (unpaired) electrons. The van der Waals surface area contributed by atoms with Gasteiger partial charge in [0, 0.05) is 26.7 Å². The summed E-state index contributed by atoms with van der Waals surface area (Å²) in [6, 6.07) is 0. The van der Waals surface area contributed by atoms with Crippen molar-refractivity contribution < 1.29 is 19.1 Å². The second-order valence-corrected chi connectivity index (χ2v) is 4.74. The van der Waals surface area contributed by atoms with Crippen LogP contribution in [0, 0.1) is 5.41 Å². The third-order valence-corrected chi connectivity index (χ3v) is 3.48. The monoisotopic (exact) mass is 256 g/mol. The van der Waals surface area contributed by atoms with Gasteiger partial charge < -0.3 is 19.7 Å². The molecule has 0 atom stereocenters. The third kappa shape index (κ3) is 2.64. The fraction of sp³-hybridized carbons (Fsp3) is 0.833. The SMILES string of the molecule is COCCNC(=O)C1(C(=O)N2CCOCC2)CC1. The number of nitrogens with zero attached hydrogens (tertiary/aromatic N) is 1. The molecule has 0 aromatic heterocycles. The van der Waals surface area contributed by atoms with Crippen molar-refractivity contribution in [3.8, 4) is 0 Å². The zero-order valence-electron chi connectivity index (χ0n) is 10.7. The summed E-state index contributed by atoms with van der Waals surface area (Å²) >= 11 is 0. The van der Waals surface area contributed by atoms with Crippen LogP contribution in [0.3, 0.4) is 0 Å². The lowest BCUT2D eigenvalue weighted by Crippen LogP contribution is -2.49. The number of amides is 2. The van der Waals surface area contributed by atoms with Crippen LogP contribution in [0.1, 0.15) is 12.8 Å². The molecule has 0 bridgehead atoms. The highest BCUT2D eigenvalue weighted by Crippen LogP contribution is 2.47. The summed E-state index contributed by atoms with van der Waals surface area (Å²) in [5.41, 5.74) is -0.801. The normalized spacial score (nSPS) is 21.5. The lowest BCUT2D eigenvalue weighted by molar-refractivity contribution is -0.147. The summed E-state index contributed by atoms with van der Waals surface area (Å²) in [5.74, 6) is -0.197. The minimum absolute atomic E-state index is 0.0410. The Bertz CT molecular complexity index is 322. The van der Waals surface area contributed by atoms with Crippen LogP contribution < -0.4 is 5.32 Å². The lowest BCUT2D eigenvalue weighted by atomic mass is 10.0. The van der Waals surface area contributed by atoms with Gasteiger partial charge in [-0.2, -0.15) is 0 Å². The Labute approximate surface area is 107 Å². The highest BCUT2D eigenvalue weighted by molar-refractivity contribution is 6.07. The van der Waals surface area contributed by atoms with E-state index in [4.69, 9.17) is 9.47 Å². The van der Waals surface area contributed by atoms with Gasteiger partial charge in [0.05, 0.1) is 19.8 Å². The van der Waals surface area contributed by atoms with Gasteiger partial charge in [0.1, 0.15) is 5.41 Å². The summed E-state index contributed by atoms with van der Waals surface area (Å²) in [4.78, 5) is 26.1. The quantitative estimate of drug-likeness (QED) is 0.526. The average molecular weight is 256 g/mol. The number of ether oxygens (including phenoxy) is 2. The molecule has 6 heteroatoms. The Morgan fingerprint density at radius 3 is 2.56 bits per heavy atom. The summed E-state index contributed by atoms with van der Waals surface area (Å²) in [5, 5.41) is 2.76. The number of nitrogens with one attached hydrogen (secondary N) is 1. The number of carbonyl (C=O) groups is 2. The predicted octanol–water partition coefficient (Wildman–Crippen LogP) is -0.612. The van der Waals surface area contributed by atoms with Gasteiger partial charge in [-0.25, -0.2) is 0 Å². The third-order valence-electron chi connectivity index (χ3n) is 3.48. The number of rotatable bonds is 5. The van der Waals surface area contributed by atoms with E-state index >= 15 is 0 Å². The maximum absolute atomic E-state index is 12.3. The molecule has 1 aliphatic carbocycles. The van der Waals surface area contributed by atoms with Crippen LogP contribution in [-0.4, -0.2) is 63.3 Å². The van der Waals surface area contributed by atoms with E-state index < -0.39 is 5.41 Å². The highest BCUT2D eigenvalue weighted by Gasteiger charge is 2.57. The molecule has 2 amide bonds. The van der Waals surface area contributed by atoms with Crippen molar-refractivity contribution >= 4 is 11.8 Å². The molecule has 0 aromatic carbocycles. The van der Waals surface area contributed by atoms with E-state index in [-0.39, 0.29) is 11.8 Å². The Morgan fingerprint density at radius 1 is 1.33 bits per heavy atom. The molecule has 2 aliphatic rings. The van der Waals surface area contributed by atoms with E-state index in [1.54, 1.807) is 12.0 Å². The summed E-state index contributed by atoms with van der Waals surface area (Å²) in [7, 11) is 1.58. The van der Waals surface area contributed by atoms with Crippen molar-refractivity contribution in [2.24, 2.45) is 5.41 Å². The van der Waals surface area contributed by atoms with Crippen LogP contribution >= 0.6 is 0 Å². The Balaban J connectivity index is 1.89. The molecule has 1 heterocycles. The van der Waals surface area contributed by atoms with Gasteiger partial charge in [0.25, 0.3) is 0 Å². The molecular weight excluding hydrogens is 236 g/mol. The zero-order valence-corrected chi connectivity index (χ0v) is 10.7. The maximum atomic E-state index is 12.3. The van der Waals surface area contributed by atoms with Crippen molar-refractivity contribution in [1.29, 1.82) is 0 Å². The van der Waals surface area contributed by atoms with Crippen molar-refractivity contribution in [3.05, 3.63) is 0 Å². The largest absolute Gasteiger partial charge is 0.383 e. The molecule has 2 rings (SSSR count). The molecule has 0 spiro atoms. The number of methoxy groups -OCH3 is 1. The molecule has 18 heavy (non-hydrogen) atoms. The van der Waals surface area contributed by atoms with Gasteiger partial charge in [0.15, 0.2) is 0 Å². The number of hydrogen-bond acceptors (Lipinski definition) is 4. The summed E-state index contributed by atoms with van der Waals surface area (Å²) < 4.78 is 10.1. The van der Waals surface area contributed by atoms with Crippen LogP contribution in [0.2, 0.25) is 0 Å². The summed E-state index contributed by atoms with van der Waals surface area (Å²) in [6.45, 7) is 3.22. The average Bonchev–Trinajstić information content (AvgIpc) is 3.20. The van der Waals surface area contributed by atoms with E-state index in [1.165, 1.54) is 0 Å². The fourth-order valence-electron chi connectivity index (χ4n) is 2.17. The number of hydrogen-bond donors (Lipinski definition) is 1. The van der Waals surface area contributed by atoms with Crippen LogP contribution in [0.5, 0.6) is 0 Å². The van der Waals surface area contributed by atoms with Crippen molar-refractivity contribution in [2.45, 2.75) is 12.8 Å². The zero-order chi connectivity index (χ0) is 13.0. The van der Waals surface area contributed by atoms with Crippen molar-refractivity contribution in [1.82, 2.24) is 10.2 Å². The summed E-state index contributed by atoms with van der Waals surface area (Å²) in [6.07, 6.45) is 1.31. The van der Waals surface area contributed by atoms with Crippen molar-refractivity contribution in [3.63, 3.8) is 0 Å². The topological polar surface area (TPSA) is 67.9 Å². The Hall–Kier alpha value is -1.14. The lowest BCUT2D eigenvalue weighted by Gasteiger charge is -2.30. The van der Waals surface area contributed by atoms with Gasteiger partial charge in [-0.15, -0.1) is 0 Å². The molecule has 102 valence electrons. The molecule has 1 saturated heterocycles. The van der Waals surface area contributed by atoms with Crippen LogP contribution in [0.25, 0.3) is 0 Å². The molecule has 2 fully saturated rings. The van der Waals surface area contributed by atoms with Crippen LogP contribution in [-0.2, 0) is 19.1 Å². The first-order valence-corrected chi connectivity index (χ1v) is 6.35. The van der Waals surface area contributed by atoms with Crippen LogP contribution in [0.15, 0.2) is 0 Å². The van der Waals surface area contributed by atoms with E-state index in [1.807, 2.05) is 0 Å². The number of morpholine rings is 1. The fourth-order valence-corrected chi connectivity index (χ4v) is 2.17. The van der Waals surface area contributed by atoms with Gasteiger partial charge >= 0.3 is 0 Å².